The van der Waals surface area contributed by atoms with Crippen molar-refractivity contribution in [2.24, 2.45) is 0 Å². The Kier molecular flexibility index (Phi) is 3.48. The van der Waals surface area contributed by atoms with E-state index in [2.05, 4.69) is 10.3 Å². The van der Waals surface area contributed by atoms with Gasteiger partial charge in [-0.15, -0.1) is 0 Å². The first-order chi connectivity index (χ1) is 8.58. The smallest absolute Gasteiger partial charge is 0.354 e. The van der Waals surface area contributed by atoms with Crippen molar-refractivity contribution >= 4 is 29.1 Å². The van der Waals surface area contributed by atoms with Crippen LogP contribution in [0.1, 0.15) is 16.1 Å². The van der Waals surface area contributed by atoms with E-state index < -0.39 is 5.97 Å². The van der Waals surface area contributed by atoms with Gasteiger partial charge in [0, 0.05) is 0 Å². The van der Waals surface area contributed by atoms with E-state index in [1.165, 1.54) is 6.07 Å². The van der Waals surface area contributed by atoms with Crippen LogP contribution in [0.25, 0.3) is 0 Å². The normalized spacial score (nSPS) is 10.1. The number of rotatable bonds is 3. The SMILES string of the molecule is Cc1cccc(Cl)c1Nc1cccc(C(=O)O)n1. The molecule has 0 atom stereocenters. The van der Waals surface area contributed by atoms with E-state index in [1.54, 1.807) is 18.2 Å². The van der Waals surface area contributed by atoms with Gasteiger partial charge in [0.2, 0.25) is 0 Å². The van der Waals surface area contributed by atoms with Crippen LogP contribution in [0.5, 0.6) is 0 Å². The van der Waals surface area contributed by atoms with Crippen molar-refractivity contribution in [2.45, 2.75) is 6.92 Å². The van der Waals surface area contributed by atoms with Crippen molar-refractivity contribution in [3.05, 3.63) is 52.7 Å². The lowest BCUT2D eigenvalue weighted by atomic mass is 10.2. The highest BCUT2D eigenvalue weighted by Gasteiger charge is 2.08. The number of nitrogens with zero attached hydrogens (tertiary/aromatic N) is 1. The van der Waals surface area contributed by atoms with Gasteiger partial charge in [-0.3, -0.25) is 0 Å². The Bertz CT molecular complexity index is 579. The average molecular weight is 263 g/mol. The van der Waals surface area contributed by atoms with E-state index in [9.17, 15) is 4.79 Å². The van der Waals surface area contributed by atoms with E-state index >= 15 is 0 Å². The van der Waals surface area contributed by atoms with E-state index in [1.807, 2.05) is 19.1 Å². The van der Waals surface area contributed by atoms with Gasteiger partial charge in [0.25, 0.3) is 0 Å². The molecular weight excluding hydrogens is 252 g/mol. The van der Waals surface area contributed by atoms with Gasteiger partial charge in [0.15, 0.2) is 5.69 Å². The molecule has 0 radical (unpaired) electrons. The molecule has 0 bridgehead atoms. The molecule has 0 saturated carbocycles. The van der Waals surface area contributed by atoms with Crippen LogP contribution in [0.4, 0.5) is 11.5 Å². The van der Waals surface area contributed by atoms with Gasteiger partial charge in [0.05, 0.1) is 10.7 Å². The highest BCUT2D eigenvalue weighted by atomic mass is 35.5. The predicted molar refractivity (Wildman–Crippen MR) is 70.7 cm³/mol. The van der Waals surface area contributed by atoms with Crippen molar-refractivity contribution in [1.29, 1.82) is 0 Å². The second-order valence-corrected chi connectivity index (χ2v) is 4.18. The van der Waals surface area contributed by atoms with E-state index in [0.717, 1.165) is 11.3 Å². The Labute approximate surface area is 109 Å². The number of aromatic nitrogens is 1. The lowest BCUT2D eigenvalue weighted by molar-refractivity contribution is 0.0690. The second kappa shape index (κ2) is 5.06. The van der Waals surface area contributed by atoms with Gasteiger partial charge in [-0.2, -0.15) is 0 Å². The molecule has 1 aromatic heterocycles. The third-order valence-corrected chi connectivity index (χ3v) is 2.76. The Balaban J connectivity index is 2.34. The minimum absolute atomic E-state index is 0.00953. The van der Waals surface area contributed by atoms with Crippen molar-refractivity contribution in [2.75, 3.05) is 5.32 Å². The maximum absolute atomic E-state index is 10.8. The largest absolute Gasteiger partial charge is 0.477 e. The monoisotopic (exact) mass is 262 g/mol. The molecule has 1 heterocycles. The summed E-state index contributed by atoms with van der Waals surface area (Å²) in [6.07, 6.45) is 0. The number of anilines is 2. The number of carboxylic acid groups (broad SMARTS) is 1. The number of pyridine rings is 1. The highest BCUT2D eigenvalue weighted by molar-refractivity contribution is 6.33. The van der Waals surface area contributed by atoms with Crippen LogP contribution in [-0.2, 0) is 0 Å². The van der Waals surface area contributed by atoms with Gasteiger partial charge in [-0.05, 0) is 30.7 Å². The first-order valence-electron chi connectivity index (χ1n) is 5.30. The zero-order chi connectivity index (χ0) is 13.1. The third-order valence-electron chi connectivity index (χ3n) is 2.44. The molecule has 5 heteroatoms. The van der Waals surface area contributed by atoms with E-state index in [-0.39, 0.29) is 5.69 Å². The summed E-state index contributed by atoms with van der Waals surface area (Å²) in [5.41, 5.74) is 1.68. The Hall–Kier alpha value is -2.07. The number of aromatic carboxylic acids is 1. The fourth-order valence-corrected chi connectivity index (χ4v) is 1.81. The minimum atomic E-state index is -1.06. The molecule has 0 saturated heterocycles. The summed E-state index contributed by atoms with van der Waals surface area (Å²) in [5, 5.41) is 12.5. The van der Waals surface area contributed by atoms with Gasteiger partial charge < -0.3 is 10.4 Å². The fourth-order valence-electron chi connectivity index (χ4n) is 1.54. The first-order valence-corrected chi connectivity index (χ1v) is 5.68. The number of hydrogen-bond acceptors (Lipinski definition) is 3. The molecule has 1 aromatic carbocycles. The number of hydrogen-bond donors (Lipinski definition) is 2. The van der Waals surface area contributed by atoms with E-state index in [4.69, 9.17) is 16.7 Å². The van der Waals surface area contributed by atoms with Gasteiger partial charge in [-0.1, -0.05) is 29.8 Å². The maximum Gasteiger partial charge on any atom is 0.354 e. The first kappa shape index (κ1) is 12.4. The molecule has 0 aliphatic heterocycles. The second-order valence-electron chi connectivity index (χ2n) is 3.77. The summed E-state index contributed by atoms with van der Waals surface area (Å²) in [6.45, 7) is 1.91. The summed E-state index contributed by atoms with van der Waals surface area (Å²) in [4.78, 5) is 14.8. The molecule has 0 spiro atoms. The molecule has 0 aliphatic rings. The molecule has 0 unspecified atom stereocenters. The summed E-state index contributed by atoms with van der Waals surface area (Å²) >= 11 is 6.08. The molecule has 0 fully saturated rings. The number of benzene rings is 1. The number of halogens is 1. The number of para-hydroxylation sites is 1. The molecule has 2 N–H and O–H groups in total. The Morgan fingerprint density at radius 2 is 2.00 bits per heavy atom. The van der Waals surface area contributed by atoms with Gasteiger partial charge >= 0.3 is 5.97 Å². The van der Waals surface area contributed by atoms with Crippen LogP contribution < -0.4 is 5.32 Å². The van der Waals surface area contributed by atoms with Gasteiger partial charge in [0.1, 0.15) is 5.82 Å². The highest BCUT2D eigenvalue weighted by Crippen LogP contribution is 2.27. The number of carbonyl (C=O) groups is 1. The summed E-state index contributed by atoms with van der Waals surface area (Å²) in [6, 6.07) is 10.3. The fraction of sp³-hybridized carbons (Fsp3) is 0.0769. The molecule has 0 aliphatic carbocycles. The lowest BCUT2D eigenvalue weighted by Gasteiger charge is -2.10. The molecule has 4 nitrogen and oxygen atoms in total. The number of aryl methyl sites for hydroxylation is 1. The Morgan fingerprint density at radius 3 is 2.67 bits per heavy atom. The topological polar surface area (TPSA) is 62.2 Å². The molecule has 2 rings (SSSR count). The maximum atomic E-state index is 10.8. The molecule has 2 aromatic rings. The Morgan fingerprint density at radius 1 is 1.28 bits per heavy atom. The van der Waals surface area contributed by atoms with Crippen LogP contribution in [0.3, 0.4) is 0 Å². The van der Waals surface area contributed by atoms with E-state index in [0.29, 0.717) is 10.8 Å². The molecule has 18 heavy (non-hydrogen) atoms. The zero-order valence-corrected chi connectivity index (χ0v) is 10.4. The van der Waals surface area contributed by atoms with Crippen LogP contribution in [-0.4, -0.2) is 16.1 Å². The molecule has 92 valence electrons. The van der Waals surface area contributed by atoms with Crippen LogP contribution in [0.15, 0.2) is 36.4 Å². The van der Waals surface area contributed by atoms with Crippen molar-refractivity contribution < 1.29 is 9.90 Å². The van der Waals surface area contributed by atoms with Crippen LogP contribution in [0.2, 0.25) is 5.02 Å². The van der Waals surface area contributed by atoms with Crippen molar-refractivity contribution in [3.8, 4) is 0 Å². The van der Waals surface area contributed by atoms with Crippen molar-refractivity contribution in [1.82, 2.24) is 4.98 Å². The standard InChI is InChI=1S/C13H11ClN2O2/c1-8-4-2-5-9(14)12(8)16-11-7-3-6-10(15-11)13(17)18/h2-7H,1H3,(H,15,16)(H,17,18). The summed E-state index contributed by atoms with van der Waals surface area (Å²) in [5.74, 6) is -0.611. The average Bonchev–Trinajstić information content (AvgIpc) is 2.34. The molecule has 0 amide bonds. The van der Waals surface area contributed by atoms with Crippen molar-refractivity contribution in [3.63, 3.8) is 0 Å². The quantitative estimate of drug-likeness (QED) is 0.889. The van der Waals surface area contributed by atoms with Gasteiger partial charge in [-0.25, -0.2) is 9.78 Å². The van der Waals surface area contributed by atoms with Crippen LogP contribution >= 0.6 is 11.6 Å². The van der Waals surface area contributed by atoms with Crippen LogP contribution in [0, 0.1) is 6.92 Å². The molecular formula is C13H11ClN2O2. The number of nitrogens with one attached hydrogen (secondary N) is 1. The number of carboxylic acids is 1. The lowest BCUT2D eigenvalue weighted by Crippen LogP contribution is -2.03. The third kappa shape index (κ3) is 2.60. The minimum Gasteiger partial charge on any atom is -0.477 e. The summed E-state index contributed by atoms with van der Waals surface area (Å²) in [7, 11) is 0. The summed E-state index contributed by atoms with van der Waals surface area (Å²) < 4.78 is 0. The zero-order valence-electron chi connectivity index (χ0n) is 9.64. The predicted octanol–water partition coefficient (Wildman–Crippen LogP) is 3.49.